The molecule has 1 atom stereocenters. The molecule has 0 aliphatic carbocycles. The number of aromatic nitrogens is 3. The maximum absolute atomic E-state index is 13.6. The Labute approximate surface area is 208 Å². The number of aryl methyl sites for hydroxylation is 1. The number of fused-ring (bicyclic) bond motifs is 1. The lowest BCUT2D eigenvalue weighted by Crippen LogP contribution is -2.44. The summed E-state index contributed by atoms with van der Waals surface area (Å²) >= 11 is 6.12. The number of carbonyl (C=O) groups is 1. The van der Waals surface area contributed by atoms with E-state index in [1.54, 1.807) is 22.9 Å². The number of benzene rings is 2. The molecule has 7 nitrogen and oxygen atoms in total. The van der Waals surface area contributed by atoms with Crippen LogP contribution in [0.3, 0.4) is 0 Å². The molecule has 1 amide bonds. The molecule has 3 heterocycles. The Morgan fingerprint density at radius 1 is 1.14 bits per heavy atom. The number of hydrogen-bond acceptors (Lipinski definition) is 5. The zero-order valence-electron chi connectivity index (χ0n) is 19.4. The summed E-state index contributed by atoms with van der Waals surface area (Å²) in [4.78, 5) is 37.8. The van der Waals surface area contributed by atoms with E-state index >= 15 is 0 Å². The standard InChI is InChI=1S/C27H26ClN5O2/c1-18-11-12-21(28)15-23(18)31-26(34)20-9-6-14-32(17-20)25-27(35)33(16-19-7-3-2-4-8-19)24-22(30-25)10-5-13-29-24/h2-5,7-8,10-13,15,20H,6,9,14,16-17H2,1H3,(H,31,34)/t20-/m1/s1. The Bertz CT molecular complexity index is 1440. The van der Waals surface area contributed by atoms with Crippen LogP contribution in [0, 0.1) is 12.8 Å². The molecule has 0 spiro atoms. The second-order valence-electron chi connectivity index (χ2n) is 8.89. The Balaban J connectivity index is 1.44. The Morgan fingerprint density at radius 3 is 2.80 bits per heavy atom. The quantitative estimate of drug-likeness (QED) is 0.443. The molecule has 2 aromatic heterocycles. The lowest BCUT2D eigenvalue weighted by atomic mass is 9.97. The van der Waals surface area contributed by atoms with E-state index in [-0.39, 0.29) is 17.4 Å². The molecule has 5 rings (SSSR count). The van der Waals surface area contributed by atoms with E-state index in [2.05, 4.69) is 15.3 Å². The van der Waals surface area contributed by atoms with Gasteiger partial charge in [-0.2, -0.15) is 0 Å². The van der Waals surface area contributed by atoms with Crippen LogP contribution in [-0.2, 0) is 11.3 Å². The minimum Gasteiger partial charge on any atom is -0.351 e. The number of carbonyl (C=O) groups excluding carboxylic acids is 1. The molecule has 4 aromatic rings. The van der Waals surface area contributed by atoms with Gasteiger partial charge in [0.05, 0.1) is 12.5 Å². The fraction of sp³-hybridized carbons (Fsp3) is 0.259. The zero-order valence-corrected chi connectivity index (χ0v) is 20.2. The summed E-state index contributed by atoms with van der Waals surface area (Å²) in [6, 6.07) is 18.9. The fourth-order valence-electron chi connectivity index (χ4n) is 4.53. The number of anilines is 2. The van der Waals surface area contributed by atoms with E-state index < -0.39 is 0 Å². The summed E-state index contributed by atoms with van der Waals surface area (Å²) in [5.41, 5.74) is 3.66. The first-order valence-electron chi connectivity index (χ1n) is 11.7. The average Bonchev–Trinajstić information content (AvgIpc) is 2.88. The van der Waals surface area contributed by atoms with E-state index in [9.17, 15) is 9.59 Å². The van der Waals surface area contributed by atoms with Crippen molar-refractivity contribution >= 4 is 40.2 Å². The number of nitrogens with zero attached hydrogens (tertiary/aromatic N) is 4. The predicted octanol–water partition coefficient (Wildman–Crippen LogP) is 4.66. The number of nitrogens with one attached hydrogen (secondary N) is 1. The van der Waals surface area contributed by atoms with Gasteiger partial charge in [-0.3, -0.25) is 14.2 Å². The molecular formula is C27H26ClN5O2. The van der Waals surface area contributed by atoms with Crippen LogP contribution in [0.1, 0.15) is 24.0 Å². The van der Waals surface area contributed by atoms with Gasteiger partial charge in [-0.15, -0.1) is 0 Å². The third kappa shape index (κ3) is 4.91. The number of halogens is 1. The Morgan fingerprint density at radius 2 is 1.97 bits per heavy atom. The number of rotatable bonds is 5. The van der Waals surface area contributed by atoms with Gasteiger partial charge in [-0.25, -0.2) is 9.97 Å². The second-order valence-corrected chi connectivity index (χ2v) is 9.33. The molecule has 35 heavy (non-hydrogen) atoms. The van der Waals surface area contributed by atoms with Crippen molar-refractivity contribution in [1.82, 2.24) is 14.5 Å². The van der Waals surface area contributed by atoms with E-state index in [1.807, 2.05) is 60.4 Å². The van der Waals surface area contributed by atoms with Crippen LogP contribution in [0.25, 0.3) is 11.2 Å². The highest BCUT2D eigenvalue weighted by Crippen LogP contribution is 2.25. The van der Waals surface area contributed by atoms with Crippen molar-refractivity contribution in [2.75, 3.05) is 23.3 Å². The summed E-state index contributed by atoms with van der Waals surface area (Å²) in [5.74, 6) is 0.0144. The van der Waals surface area contributed by atoms with Crippen molar-refractivity contribution in [2.45, 2.75) is 26.3 Å². The van der Waals surface area contributed by atoms with Gasteiger partial charge in [0.25, 0.3) is 5.56 Å². The molecule has 1 aliphatic heterocycles. The van der Waals surface area contributed by atoms with Gasteiger partial charge in [0, 0.05) is 30.0 Å². The van der Waals surface area contributed by atoms with Crippen LogP contribution < -0.4 is 15.8 Å². The maximum atomic E-state index is 13.6. The minimum atomic E-state index is -0.268. The molecule has 1 aliphatic rings. The zero-order chi connectivity index (χ0) is 24.4. The van der Waals surface area contributed by atoms with Crippen LogP contribution in [-0.4, -0.2) is 33.5 Å². The van der Waals surface area contributed by atoms with Crippen molar-refractivity contribution in [2.24, 2.45) is 5.92 Å². The summed E-state index contributed by atoms with van der Waals surface area (Å²) in [6.45, 7) is 3.42. The van der Waals surface area contributed by atoms with E-state index in [4.69, 9.17) is 11.6 Å². The molecule has 1 saturated heterocycles. The van der Waals surface area contributed by atoms with Gasteiger partial charge >= 0.3 is 0 Å². The minimum absolute atomic E-state index is 0.0767. The molecule has 2 aromatic carbocycles. The lowest BCUT2D eigenvalue weighted by Gasteiger charge is -2.32. The molecule has 1 N–H and O–H groups in total. The summed E-state index contributed by atoms with van der Waals surface area (Å²) < 4.78 is 1.67. The van der Waals surface area contributed by atoms with Crippen LogP contribution in [0.2, 0.25) is 5.02 Å². The van der Waals surface area contributed by atoms with Crippen LogP contribution >= 0.6 is 11.6 Å². The fourth-order valence-corrected chi connectivity index (χ4v) is 4.70. The molecule has 0 bridgehead atoms. The molecule has 1 fully saturated rings. The first kappa shape index (κ1) is 23.1. The smallest absolute Gasteiger partial charge is 0.295 e. The van der Waals surface area contributed by atoms with Gasteiger partial charge < -0.3 is 10.2 Å². The van der Waals surface area contributed by atoms with Crippen LogP contribution in [0.15, 0.2) is 71.7 Å². The maximum Gasteiger partial charge on any atom is 0.295 e. The van der Waals surface area contributed by atoms with E-state index in [0.717, 1.165) is 24.0 Å². The third-order valence-corrected chi connectivity index (χ3v) is 6.65. The normalized spacial score (nSPS) is 15.8. The van der Waals surface area contributed by atoms with Crippen LogP contribution in [0.4, 0.5) is 11.5 Å². The average molecular weight is 488 g/mol. The van der Waals surface area contributed by atoms with Gasteiger partial charge in [0.1, 0.15) is 5.52 Å². The van der Waals surface area contributed by atoms with Gasteiger partial charge in [0.15, 0.2) is 11.5 Å². The lowest BCUT2D eigenvalue weighted by molar-refractivity contribution is -0.120. The second kappa shape index (κ2) is 9.88. The van der Waals surface area contributed by atoms with Gasteiger partial charge in [-0.05, 0) is 55.2 Å². The molecule has 0 saturated carbocycles. The number of amides is 1. The summed E-state index contributed by atoms with van der Waals surface area (Å²) in [7, 11) is 0. The van der Waals surface area contributed by atoms with Crippen molar-refractivity contribution in [1.29, 1.82) is 0 Å². The first-order valence-corrected chi connectivity index (χ1v) is 12.1. The SMILES string of the molecule is Cc1ccc(Cl)cc1NC(=O)[C@@H]1CCCN(c2nc3cccnc3n(Cc3ccccc3)c2=O)C1. The predicted molar refractivity (Wildman–Crippen MR) is 139 cm³/mol. The van der Waals surface area contributed by atoms with Gasteiger partial charge in [-0.1, -0.05) is 48.0 Å². The highest BCUT2D eigenvalue weighted by atomic mass is 35.5. The Hall–Kier alpha value is -3.71. The third-order valence-electron chi connectivity index (χ3n) is 6.42. The van der Waals surface area contributed by atoms with Crippen molar-refractivity contribution in [3.05, 3.63) is 93.4 Å². The topological polar surface area (TPSA) is 80.1 Å². The van der Waals surface area contributed by atoms with E-state index in [0.29, 0.717) is 47.3 Å². The van der Waals surface area contributed by atoms with Crippen LogP contribution in [0.5, 0.6) is 0 Å². The molecule has 0 radical (unpaired) electrons. The molecule has 178 valence electrons. The molecular weight excluding hydrogens is 462 g/mol. The molecule has 0 unspecified atom stereocenters. The van der Waals surface area contributed by atoms with Crippen molar-refractivity contribution in [3.8, 4) is 0 Å². The van der Waals surface area contributed by atoms with Gasteiger partial charge in [0.2, 0.25) is 5.91 Å². The van der Waals surface area contributed by atoms with E-state index in [1.165, 1.54) is 0 Å². The Kier molecular flexibility index (Phi) is 6.51. The number of pyridine rings is 1. The number of hydrogen-bond donors (Lipinski definition) is 1. The van der Waals surface area contributed by atoms with Crippen molar-refractivity contribution < 1.29 is 4.79 Å². The van der Waals surface area contributed by atoms with Crippen molar-refractivity contribution in [3.63, 3.8) is 0 Å². The highest BCUT2D eigenvalue weighted by molar-refractivity contribution is 6.31. The summed E-state index contributed by atoms with van der Waals surface area (Å²) in [5, 5.41) is 3.59. The number of piperidine rings is 1. The largest absolute Gasteiger partial charge is 0.351 e. The summed E-state index contributed by atoms with van der Waals surface area (Å²) in [6.07, 6.45) is 3.20. The first-order chi connectivity index (χ1) is 17.0. The highest BCUT2D eigenvalue weighted by Gasteiger charge is 2.29. The monoisotopic (exact) mass is 487 g/mol. The molecule has 8 heteroatoms.